The lowest BCUT2D eigenvalue weighted by molar-refractivity contribution is -0.538. The first-order valence-corrected chi connectivity index (χ1v) is 19.9. The van der Waals surface area contributed by atoms with Crippen LogP contribution in [0.4, 0.5) is 28.4 Å². The predicted molar refractivity (Wildman–Crippen MR) is 231 cm³/mol. The summed E-state index contributed by atoms with van der Waals surface area (Å²) in [6.07, 6.45) is 11.7. The van der Waals surface area contributed by atoms with E-state index in [0.29, 0.717) is 6.61 Å². The van der Waals surface area contributed by atoms with Crippen LogP contribution in [0.5, 0.6) is 5.75 Å². The molecule has 7 rings (SSSR count). The van der Waals surface area contributed by atoms with E-state index in [0.717, 1.165) is 134 Å². The summed E-state index contributed by atoms with van der Waals surface area (Å²) in [5.41, 5.74) is 27.4. The van der Waals surface area contributed by atoms with Crippen LogP contribution in [0.25, 0.3) is 27.8 Å². The molecule has 5 aromatic carbocycles. The fourth-order valence-corrected chi connectivity index (χ4v) is 7.25. The minimum Gasteiger partial charge on any atom is -0.494 e. The highest BCUT2D eigenvalue weighted by Gasteiger charge is 2.22. The fraction of sp³-hybridized carbons (Fsp3) is 0.271. The van der Waals surface area contributed by atoms with Crippen molar-refractivity contribution in [3.8, 4) is 11.4 Å². The van der Waals surface area contributed by atoms with Crippen molar-refractivity contribution in [2.75, 3.05) is 24.7 Å². The van der Waals surface area contributed by atoms with Crippen LogP contribution in [0, 0.1) is 20.8 Å². The van der Waals surface area contributed by atoms with Gasteiger partial charge in [-0.1, -0.05) is 62.1 Å². The number of aryl methyl sites for hydroxylation is 3. The van der Waals surface area contributed by atoms with E-state index in [-0.39, 0.29) is 0 Å². The third-order valence-electron chi connectivity index (χ3n) is 10.5. The monoisotopic (exact) mass is 746 g/mol. The van der Waals surface area contributed by atoms with Crippen LogP contribution in [0.15, 0.2) is 126 Å². The molecule has 1 aliphatic carbocycles. The number of fused-ring (bicyclic) bond motifs is 2. The lowest BCUT2D eigenvalue weighted by Gasteiger charge is -2.16. The summed E-state index contributed by atoms with van der Waals surface area (Å²) in [4.78, 5) is 10.1. The van der Waals surface area contributed by atoms with Gasteiger partial charge >= 0.3 is 0 Å². The van der Waals surface area contributed by atoms with Crippen molar-refractivity contribution in [1.82, 2.24) is 4.98 Å². The molecular weight excluding hydrogens is 693 g/mol. The maximum absolute atomic E-state index is 6.38. The maximum atomic E-state index is 6.38. The van der Waals surface area contributed by atoms with Crippen molar-refractivity contribution in [2.24, 2.45) is 4.99 Å². The number of nitrogens with zero attached hydrogens (tertiary/aromatic N) is 3. The summed E-state index contributed by atoms with van der Waals surface area (Å²) in [6.45, 7) is 9.66. The highest BCUT2D eigenvalue weighted by atomic mass is 16.5. The number of benzene rings is 5. The number of rotatable bonds is 15. The van der Waals surface area contributed by atoms with Crippen LogP contribution in [0.3, 0.4) is 0 Å². The Morgan fingerprint density at radius 2 is 1.29 bits per heavy atom. The summed E-state index contributed by atoms with van der Waals surface area (Å²) >= 11 is 0. The molecule has 0 aliphatic heterocycles. The second kappa shape index (κ2) is 17.6. The van der Waals surface area contributed by atoms with Crippen molar-refractivity contribution in [1.29, 1.82) is 0 Å². The van der Waals surface area contributed by atoms with Gasteiger partial charge in [0.1, 0.15) is 33.9 Å². The highest BCUT2D eigenvalue weighted by Crippen LogP contribution is 2.31. The van der Waals surface area contributed by atoms with E-state index in [1.807, 2.05) is 50.2 Å². The lowest BCUT2D eigenvalue weighted by Crippen LogP contribution is -2.71. The number of ether oxygens (including phenoxy) is 2. The fourth-order valence-electron chi connectivity index (χ4n) is 7.25. The van der Waals surface area contributed by atoms with E-state index in [9.17, 15) is 0 Å². The normalized spacial score (nSPS) is 13.6. The molecular formula is C48H54N6O2+2. The number of allylic oxidation sites excluding steroid dienone is 3. The molecule has 0 unspecified atom stereocenters. The van der Waals surface area contributed by atoms with E-state index >= 15 is 0 Å². The number of hydrogen-bond donors (Lipinski definition) is 3. The molecule has 8 nitrogen and oxygen atoms in total. The molecule has 6 aromatic rings. The van der Waals surface area contributed by atoms with Gasteiger partial charge in [0.2, 0.25) is 16.7 Å². The van der Waals surface area contributed by atoms with Crippen molar-refractivity contribution in [3.05, 3.63) is 137 Å². The van der Waals surface area contributed by atoms with Crippen LogP contribution in [-0.4, -0.2) is 23.9 Å². The molecule has 0 saturated heterocycles. The van der Waals surface area contributed by atoms with Gasteiger partial charge in [0.25, 0.3) is 0 Å². The zero-order chi connectivity index (χ0) is 39.0. The van der Waals surface area contributed by atoms with Gasteiger partial charge < -0.3 is 20.9 Å². The molecule has 0 bridgehead atoms. The summed E-state index contributed by atoms with van der Waals surface area (Å²) in [5, 5.41) is 2.14. The van der Waals surface area contributed by atoms with E-state index in [1.54, 1.807) is 0 Å². The van der Waals surface area contributed by atoms with Crippen LogP contribution < -0.4 is 26.1 Å². The Morgan fingerprint density at radius 3 is 2.00 bits per heavy atom. The van der Waals surface area contributed by atoms with Gasteiger partial charge in [0, 0.05) is 47.8 Å². The Morgan fingerprint density at radius 1 is 0.679 bits per heavy atom. The number of anilines is 2. The molecule has 56 heavy (non-hydrogen) atoms. The smallest absolute Gasteiger partial charge is 0.241 e. The van der Waals surface area contributed by atoms with Gasteiger partial charge in [-0.05, 0) is 105 Å². The molecule has 0 spiro atoms. The van der Waals surface area contributed by atoms with Gasteiger partial charge in [-0.25, -0.2) is 9.98 Å². The number of nitrogens with two attached hydrogens (primary N) is 3. The van der Waals surface area contributed by atoms with Crippen molar-refractivity contribution < 1.29 is 19.4 Å². The Balaban J connectivity index is 0.863. The predicted octanol–water partition coefficient (Wildman–Crippen LogP) is 10.0. The lowest BCUT2D eigenvalue weighted by atomic mass is 10.0. The number of aromatic nitrogens is 2. The molecule has 0 amide bonds. The van der Waals surface area contributed by atoms with Crippen molar-refractivity contribution >= 4 is 56.2 Å². The molecule has 0 fully saturated rings. The summed E-state index contributed by atoms with van der Waals surface area (Å²) in [5.74, 6) is 1.86. The topological polar surface area (TPSA) is 116 Å². The Labute approximate surface area is 330 Å². The van der Waals surface area contributed by atoms with E-state index in [4.69, 9.17) is 30.9 Å². The second-order valence-corrected chi connectivity index (χ2v) is 14.9. The van der Waals surface area contributed by atoms with Gasteiger partial charge in [0.05, 0.1) is 19.3 Å². The molecule has 1 aromatic heterocycles. The highest BCUT2D eigenvalue weighted by molar-refractivity contribution is 6.00. The third kappa shape index (κ3) is 9.09. The Bertz CT molecular complexity index is 2440. The molecule has 1 aliphatic rings. The SMILES string of the molecule is CC1=CC(=Nc2cc(C)c(N)cc2[NH2+]c2ccccc2)CC=C1OCCCCCCCCOc1cc2c(cc1C)nc1cc(C)c(N)cc1[n+]2-c1ccccc1. The molecule has 6 N–H and O–H groups in total. The average Bonchev–Trinajstić information content (AvgIpc) is 3.19. The first kappa shape index (κ1) is 38.3. The van der Waals surface area contributed by atoms with Crippen molar-refractivity contribution in [2.45, 2.75) is 72.6 Å². The first-order valence-electron chi connectivity index (χ1n) is 19.9. The zero-order valence-corrected chi connectivity index (χ0v) is 33.1. The van der Waals surface area contributed by atoms with Crippen LogP contribution in [0.1, 0.15) is 68.6 Å². The van der Waals surface area contributed by atoms with Gasteiger partial charge in [0.15, 0.2) is 5.69 Å². The van der Waals surface area contributed by atoms with Crippen LogP contribution in [-0.2, 0) is 4.74 Å². The summed E-state index contributed by atoms with van der Waals surface area (Å²) in [7, 11) is 0. The Kier molecular flexibility index (Phi) is 12.1. The number of unbranched alkanes of at least 4 members (excludes halogenated alkanes) is 5. The van der Waals surface area contributed by atoms with E-state index < -0.39 is 0 Å². The largest absolute Gasteiger partial charge is 0.494 e. The molecule has 0 atom stereocenters. The van der Waals surface area contributed by atoms with Gasteiger partial charge in [-0.3, -0.25) is 5.32 Å². The van der Waals surface area contributed by atoms with Crippen molar-refractivity contribution in [3.63, 3.8) is 0 Å². The zero-order valence-electron chi connectivity index (χ0n) is 33.1. The Hall–Kier alpha value is -5.99. The number of para-hydroxylation sites is 2. The molecule has 8 heteroatoms. The number of hydrogen-bond acceptors (Lipinski definition) is 6. The summed E-state index contributed by atoms with van der Waals surface area (Å²) in [6, 6.07) is 33.1. The number of nitrogen functional groups attached to an aromatic ring is 2. The molecule has 0 saturated carbocycles. The van der Waals surface area contributed by atoms with Gasteiger partial charge in [-0.2, -0.15) is 0 Å². The second-order valence-electron chi connectivity index (χ2n) is 14.9. The number of aliphatic imine (C=N–C) groups is 1. The molecule has 1 heterocycles. The summed E-state index contributed by atoms with van der Waals surface area (Å²) < 4.78 is 14.8. The van der Waals surface area contributed by atoms with E-state index in [1.165, 1.54) is 12.8 Å². The minimum atomic E-state index is 0.684. The number of quaternary nitrogens is 1. The third-order valence-corrected chi connectivity index (χ3v) is 10.5. The standard InChI is InChI=1S/C48H52N6O2/c1-32-26-41(42(29-39(32)49)51-36-17-11-9-12-18-36)52-37-21-22-47(34(3)25-37)55-23-15-7-5-6-8-16-24-56-48-31-46-44(28-35(48)4)53-43-27-33(2)40(50)30-45(43)54(46)38-19-13-10-14-20-38/h9-14,17-20,22,25-31,50-51H,5-8,15-16,21,23-24,49H2,1-4H3/p+2. The van der Waals surface area contributed by atoms with Crippen LogP contribution in [0.2, 0.25) is 0 Å². The van der Waals surface area contributed by atoms with Crippen LogP contribution >= 0.6 is 0 Å². The molecule has 286 valence electrons. The van der Waals surface area contributed by atoms with E-state index in [2.05, 4.69) is 96.5 Å². The average molecular weight is 747 g/mol. The molecule has 0 radical (unpaired) electrons. The van der Waals surface area contributed by atoms with Gasteiger partial charge in [-0.15, -0.1) is 4.57 Å². The quantitative estimate of drug-likeness (QED) is 0.0419. The minimum absolute atomic E-state index is 0.684. The maximum Gasteiger partial charge on any atom is 0.241 e. The first-order chi connectivity index (χ1) is 27.2.